The maximum absolute atomic E-state index is 13.4. The predicted octanol–water partition coefficient (Wildman–Crippen LogP) is 8.10. The highest BCUT2D eigenvalue weighted by atomic mass is 79.9. The van der Waals surface area contributed by atoms with Gasteiger partial charge in [0.1, 0.15) is 11.5 Å². The van der Waals surface area contributed by atoms with Crippen molar-refractivity contribution < 1.29 is 28.5 Å². The van der Waals surface area contributed by atoms with Crippen LogP contribution >= 0.6 is 15.9 Å². The maximum Gasteiger partial charge on any atom is 0.339 e. The highest BCUT2D eigenvalue weighted by Gasteiger charge is 2.37. The molecule has 49 heavy (non-hydrogen) atoms. The summed E-state index contributed by atoms with van der Waals surface area (Å²) in [6, 6.07) is 20.3. The number of aromatic nitrogens is 2. The standard InChI is InChI=1S/C39H50BrN3O6/c1-27-22-33-41-32(30-14-11-15-31(40)23-30)24-43(33)36(34(27)35(37(44)45-7)49-38(3,4)5)42-18-16-39(6,17-19-42)48-21-20-46-25-28(2)47-26-29-12-9-8-10-13-29/h8-15,22-24,28,35H,16-21,25-26H2,1-7H3/t28-,35+/m1/s1. The zero-order valence-electron chi connectivity index (χ0n) is 29.8. The van der Waals surface area contributed by atoms with Gasteiger partial charge in [-0.25, -0.2) is 9.78 Å². The van der Waals surface area contributed by atoms with Crippen LogP contribution in [0.3, 0.4) is 0 Å². The number of halogens is 1. The summed E-state index contributed by atoms with van der Waals surface area (Å²) in [6.07, 6.45) is 2.72. The molecule has 9 nitrogen and oxygen atoms in total. The fraction of sp³-hybridized carbons (Fsp3) is 0.487. The molecule has 3 heterocycles. The van der Waals surface area contributed by atoms with Gasteiger partial charge in [-0.1, -0.05) is 58.4 Å². The van der Waals surface area contributed by atoms with Gasteiger partial charge in [0.2, 0.25) is 0 Å². The summed E-state index contributed by atoms with van der Waals surface area (Å²) in [6.45, 7) is 15.6. The van der Waals surface area contributed by atoms with E-state index in [1.807, 2.05) is 83.3 Å². The summed E-state index contributed by atoms with van der Waals surface area (Å²) in [5.74, 6) is 0.453. The molecule has 2 atom stereocenters. The third-order valence-electron chi connectivity index (χ3n) is 8.77. The van der Waals surface area contributed by atoms with Crippen LogP contribution in [0.4, 0.5) is 5.82 Å². The molecule has 1 saturated heterocycles. The highest BCUT2D eigenvalue weighted by molar-refractivity contribution is 9.10. The number of methoxy groups -OCH3 is 1. The molecule has 2 aromatic carbocycles. The number of aryl methyl sites for hydroxylation is 1. The average Bonchev–Trinajstić information content (AvgIpc) is 3.49. The molecule has 1 aliphatic heterocycles. The van der Waals surface area contributed by atoms with E-state index >= 15 is 0 Å². The van der Waals surface area contributed by atoms with Crippen LogP contribution in [0.25, 0.3) is 16.9 Å². The number of carbonyl (C=O) groups is 1. The second-order valence-electron chi connectivity index (χ2n) is 14.0. The fourth-order valence-corrected chi connectivity index (χ4v) is 6.55. The number of hydrogen-bond donors (Lipinski definition) is 0. The lowest BCUT2D eigenvalue weighted by molar-refractivity contribution is -0.164. The molecular formula is C39H50BrN3O6. The minimum absolute atomic E-state index is 0.0115. The lowest BCUT2D eigenvalue weighted by Gasteiger charge is -2.41. The van der Waals surface area contributed by atoms with Gasteiger partial charge in [0.05, 0.1) is 56.5 Å². The first-order valence-corrected chi connectivity index (χ1v) is 17.8. The monoisotopic (exact) mass is 735 g/mol. The van der Waals surface area contributed by atoms with E-state index < -0.39 is 17.7 Å². The number of benzene rings is 2. The zero-order valence-corrected chi connectivity index (χ0v) is 31.4. The van der Waals surface area contributed by atoms with Crippen LogP contribution < -0.4 is 4.90 Å². The molecule has 0 unspecified atom stereocenters. The molecule has 0 radical (unpaired) electrons. The number of esters is 1. The van der Waals surface area contributed by atoms with E-state index in [0.29, 0.717) is 26.4 Å². The van der Waals surface area contributed by atoms with Gasteiger partial charge in [-0.15, -0.1) is 0 Å². The second-order valence-corrected chi connectivity index (χ2v) is 14.9. The van der Waals surface area contributed by atoms with Crippen molar-refractivity contribution in [3.8, 4) is 11.3 Å². The van der Waals surface area contributed by atoms with Crippen LogP contribution in [-0.2, 0) is 35.1 Å². The topological polar surface area (TPSA) is 83.8 Å². The summed E-state index contributed by atoms with van der Waals surface area (Å²) in [5.41, 5.74) is 4.60. The second kappa shape index (κ2) is 16.2. The number of nitrogens with zero attached hydrogens (tertiary/aromatic N) is 3. The van der Waals surface area contributed by atoms with Gasteiger partial charge in [-0.3, -0.25) is 4.40 Å². The van der Waals surface area contributed by atoms with Crippen molar-refractivity contribution in [2.45, 2.75) is 84.4 Å². The van der Waals surface area contributed by atoms with Gasteiger partial charge in [0.25, 0.3) is 0 Å². The number of imidazole rings is 1. The molecule has 5 rings (SSSR count). The van der Waals surface area contributed by atoms with Crippen molar-refractivity contribution in [2.24, 2.45) is 0 Å². The maximum atomic E-state index is 13.4. The number of anilines is 1. The number of piperidine rings is 1. The van der Waals surface area contributed by atoms with Crippen molar-refractivity contribution in [3.63, 3.8) is 0 Å². The SMILES string of the molecule is COC(=O)[C@@H](OC(C)(C)C)c1c(C)cc2nc(-c3cccc(Br)c3)cn2c1N1CCC(C)(OCCOC[C@@H](C)OCc2ccccc2)CC1. The Bertz CT molecular complexity index is 1690. The van der Waals surface area contributed by atoms with Crippen molar-refractivity contribution in [1.29, 1.82) is 0 Å². The number of fused-ring (bicyclic) bond motifs is 1. The summed E-state index contributed by atoms with van der Waals surface area (Å²) >= 11 is 3.60. The lowest BCUT2D eigenvalue weighted by atomic mass is 9.92. The van der Waals surface area contributed by atoms with Crippen LogP contribution in [-0.4, -0.2) is 72.7 Å². The van der Waals surface area contributed by atoms with Crippen molar-refractivity contribution in [3.05, 3.63) is 88.0 Å². The molecular weight excluding hydrogens is 686 g/mol. The van der Waals surface area contributed by atoms with Gasteiger partial charge < -0.3 is 28.6 Å². The molecule has 4 aromatic rings. The van der Waals surface area contributed by atoms with Crippen LogP contribution in [0.5, 0.6) is 0 Å². The molecule has 0 bridgehead atoms. The Morgan fingerprint density at radius 1 is 1.04 bits per heavy atom. The molecule has 264 valence electrons. The summed E-state index contributed by atoms with van der Waals surface area (Å²) in [7, 11) is 1.41. The fourth-order valence-electron chi connectivity index (χ4n) is 6.16. The van der Waals surface area contributed by atoms with E-state index in [9.17, 15) is 4.79 Å². The van der Waals surface area contributed by atoms with Crippen molar-refractivity contribution >= 4 is 33.4 Å². The van der Waals surface area contributed by atoms with Gasteiger partial charge in [0, 0.05) is 34.9 Å². The quantitative estimate of drug-likeness (QED) is 0.0950. The van der Waals surface area contributed by atoms with E-state index in [1.54, 1.807) is 0 Å². The van der Waals surface area contributed by atoms with Crippen LogP contribution in [0.2, 0.25) is 0 Å². The molecule has 0 saturated carbocycles. The van der Waals surface area contributed by atoms with E-state index in [4.69, 9.17) is 28.7 Å². The molecule has 1 fully saturated rings. The predicted molar refractivity (Wildman–Crippen MR) is 196 cm³/mol. The molecule has 0 aliphatic carbocycles. The largest absolute Gasteiger partial charge is 0.467 e. The van der Waals surface area contributed by atoms with Gasteiger partial charge >= 0.3 is 5.97 Å². The van der Waals surface area contributed by atoms with Crippen molar-refractivity contribution in [1.82, 2.24) is 9.38 Å². The lowest BCUT2D eigenvalue weighted by Crippen LogP contribution is -2.46. The highest BCUT2D eigenvalue weighted by Crippen LogP contribution is 2.39. The third-order valence-corrected chi connectivity index (χ3v) is 9.26. The Labute approximate surface area is 299 Å². The third kappa shape index (κ3) is 9.70. The normalized spacial score (nSPS) is 16.1. The zero-order chi connectivity index (χ0) is 35.2. The Kier molecular flexibility index (Phi) is 12.2. The van der Waals surface area contributed by atoms with Crippen LogP contribution in [0, 0.1) is 6.92 Å². The van der Waals surface area contributed by atoms with E-state index in [-0.39, 0.29) is 11.7 Å². The summed E-state index contributed by atoms with van der Waals surface area (Å²) in [5, 5.41) is 0. The van der Waals surface area contributed by atoms with E-state index in [2.05, 4.69) is 50.4 Å². The van der Waals surface area contributed by atoms with Crippen LogP contribution in [0.15, 0.2) is 71.3 Å². The first kappa shape index (κ1) is 37.0. The molecule has 0 spiro atoms. The Balaban J connectivity index is 1.31. The van der Waals surface area contributed by atoms with Crippen molar-refractivity contribution in [2.75, 3.05) is 44.9 Å². The first-order chi connectivity index (χ1) is 23.4. The molecule has 0 N–H and O–H groups in total. The minimum atomic E-state index is -0.915. The molecule has 2 aromatic heterocycles. The summed E-state index contributed by atoms with van der Waals surface area (Å²) in [4.78, 5) is 20.7. The number of pyridine rings is 1. The number of hydrogen-bond acceptors (Lipinski definition) is 8. The smallest absolute Gasteiger partial charge is 0.339 e. The van der Waals surface area contributed by atoms with Gasteiger partial charge in [0.15, 0.2) is 6.10 Å². The first-order valence-electron chi connectivity index (χ1n) is 17.0. The molecule has 10 heteroatoms. The Morgan fingerprint density at radius 2 is 1.78 bits per heavy atom. The summed E-state index contributed by atoms with van der Waals surface area (Å²) < 4.78 is 33.1. The van der Waals surface area contributed by atoms with Gasteiger partial charge in [-0.05, 0) is 83.7 Å². The molecule has 1 aliphatic rings. The van der Waals surface area contributed by atoms with E-state index in [0.717, 1.165) is 69.8 Å². The number of carbonyl (C=O) groups excluding carboxylic acids is 1. The molecule has 0 amide bonds. The minimum Gasteiger partial charge on any atom is -0.467 e. The number of ether oxygens (including phenoxy) is 5. The van der Waals surface area contributed by atoms with E-state index in [1.165, 1.54) is 7.11 Å². The average molecular weight is 737 g/mol. The Morgan fingerprint density at radius 3 is 2.45 bits per heavy atom. The van der Waals surface area contributed by atoms with Gasteiger partial charge in [-0.2, -0.15) is 0 Å². The number of rotatable bonds is 14. The van der Waals surface area contributed by atoms with Crippen LogP contribution in [0.1, 0.15) is 70.3 Å². The Hall–Kier alpha value is -3.28.